The molecule has 162 valence electrons. The number of piperidine rings is 1. The van der Waals surface area contributed by atoms with E-state index in [9.17, 15) is 4.79 Å². The molecular formula is C19H22BrN9O2. The first kappa shape index (κ1) is 21.1. The number of benzene rings is 1. The maximum atomic E-state index is 13.1. The van der Waals surface area contributed by atoms with E-state index in [1.54, 1.807) is 0 Å². The number of hydrogen-bond donors (Lipinski definition) is 2. The summed E-state index contributed by atoms with van der Waals surface area (Å²) < 4.78 is 6.84. The van der Waals surface area contributed by atoms with Crippen molar-refractivity contribution >= 4 is 33.4 Å². The predicted molar refractivity (Wildman–Crippen MR) is 117 cm³/mol. The number of amides is 1. The minimum absolute atomic E-state index is 0.0114. The van der Waals surface area contributed by atoms with Gasteiger partial charge < -0.3 is 5.73 Å². The zero-order valence-electron chi connectivity index (χ0n) is 17.0. The van der Waals surface area contributed by atoms with E-state index in [4.69, 9.17) is 5.73 Å². The van der Waals surface area contributed by atoms with E-state index in [1.807, 2.05) is 31.2 Å². The minimum atomic E-state index is -0.478. The molecule has 1 fully saturated rings. The highest BCUT2D eigenvalue weighted by Gasteiger charge is 2.26. The third kappa shape index (κ3) is 4.80. The zero-order valence-corrected chi connectivity index (χ0v) is 18.5. The smallest absolute Gasteiger partial charge is 0.292 e. The normalized spacial score (nSPS) is 15.2. The number of likely N-dealkylation sites (tertiary alicyclic amines) is 1. The molecule has 31 heavy (non-hydrogen) atoms. The first-order valence-electron chi connectivity index (χ1n) is 9.89. The molecule has 1 amide bonds. The lowest BCUT2D eigenvalue weighted by atomic mass is 10.1. The van der Waals surface area contributed by atoms with Gasteiger partial charge in [0.15, 0.2) is 5.69 Å². The summed E-state index contributed by atoms with van der Waals surface area (Å²) >= 11 is 3.44. The van der Waals surface area contributed by atoms with E-state index < -0.39 is 5.91 Å². The monoisotopic (exact) mass is 487 g/mol. The number of nitrogens with zero attached hydrogens (tertiary/aromatic N) is 7. The summed E-state index contributed by atoms with van der Waals surface area (Å²) in [5.41, 5.74) is 10.6. The molecule has 0 spiro atoms. The summed E-state index contributed by atoms with van der Waals surface area (Å²) in [6.07, 6.45) is 3.44. The molecule has 0 unspecified atom stereocenters. The summed E-state index contributed by atoms with van der Waals surface area (Å²) in [4.78, 5) is 15.4. The van der Waals surface area contributed by atoms with Crippen molar-refractivity contribution in [2.75, 3.05) is 18.8 Å². The average Bonchev–Trinajstić information content (AvgIpc) is 3.38. The van der Waals surface area contributed by atoms with Crippen molar-refractivity contribution in [2.45, 2.75) is 32.7 Å². The number of halogens is 1. The summed E-state index contributed by atoms with van der Waals surface area (Å²) in [6.45, 7) is 4.19. The van der Waals surface area contributed by atoms with Crippen molar-refractivity contribution < 1.29 is 9.42 Å². The van der Waals surface area contributed by atoms with Gasteiger partial charge in [-0.1, -0.05) is 39.7 Å². The fourth-order valence-electron chi connectivity index (χ4n) is 3.43. The minimum Gasteiger partial charge on any atom is -0.378 e. The fraction of sp³-hybridized carbons (Fsp3) is 0.368. The second-order valence-electron chi connectivity index (χ2n) is 7.25. The van der Waals surface area contributed by atoms with E-state index in [1.165, 1.54) is 11.1 Å². The number of nitrogen functional groups attached to an aromatic ring is 1. The molecule has 11 nitrogen and oxygen atoms in total. The van der Waals surface area contributed by atoms with Gasteiger partial charge in [-0.25, -0.2) is 10.1 Å². The van der Waals surface area contributed by atoms with Gasteiger partial charge in [0.2, 0.25) is 11.6 Å². The molecule has 2 aromatic heterocycles. The Morgan fingerprint density at radius 2 is 2.10 bits per heavy atom. The highest BCUT2D eigenvalue weighted by atomic mass is 79.9. The molecule has 0 radical (unpaired) electrons. The van der Waals surface area contributed by atoms with Gasteiger partial charge in [0.25, 0.3) is 5.91 Å². The fourth-order valence-corrected chi connectivity index (χ4v) is 3.83. The van der Waals surface area contributed by atoms with Gasteiger partial charge in [0.05, 0.1) is 5.71 Å². The van der Waals surface area contributed by atoms with Gasteiger partial charge in [0.1, 0.15) is 5.69 Å². The van der Waals surface area contributed by atoms with E-state index in [2.05, 4.69) is 56.6 Å². The van der Waals surface area contributed by atoms with Crippen LogP contribution >= 0.6 is 15.9 Å². The van der Waals surface area contributed by atoms with Crippen molar-refractivity contribution in [2.24, 2.45) is 5.10 Å². The molecule has 3 N–H and O–H groups in total. The number of rotatable bonds is 6. The quantitative estimate of drug-likeness (QED) is 0.397. The van der Waals surface area contributed by atoms with Crippen LogP contribution in [0.5, 0.6) is 0 Å². The molecule has 1 aliphatic rings. The number of anilines is 1. The number of carbonyl (C=O) groups excluding carboxylic acids is 1. The Morgan fingerprint density at radius 1 is 1.29 bits per heavy atom. The molecule has 0 aliphatic carbocycles. The lowest BCUT2D eigenvalue weighted by Crippen LogP contribution is -2.31. The number of aromatic nitrogens is 5. The average molecular weight is 488 g/mol. The van der Waals surface area contributed by atoms with Crippen LogP contribution < -0.4 is 11.2 Å². The van der Waals surface area contributed by atoms with Gasteiger partial charge >= 0.3 is 0 Å². The summed E-state index contributed by atoms with van der Waals surface area (Å²) in [7, 11) is 0. The van der Waals surface area contributed by atoms with Crippen molar-refractivity contribution in [3.05, 3.63) is 45.7 Å². The van der Waals surface area contributed by atoms with Gasteiger partial charge in [-0.2, -0.15) is 9.78 Å². The molecule has 4 rings (SSSR count). The molecule has 12 heteroatoms. The molecule has 0 saturated carbocycles. The van der Waals surface area contributed by atoms with Crippen LogP contribution in [-0.2, 0) is 6.54 Å². The summed E-state index contributed by atoms with van der Waals surface area (Å²) in [5, 5.41) is 19.9. The third-order valence-electron chi connectivity index (χ3n) is 5.04. The predicted octanol–water partition coefficient (Wildman–Crippen LogP) is 2.13. The number of hydrazone groups is 1. The first-order valence-corrected chi connectivity index (χ1v) is 10.7. The van der Waals surface area contributed by atoms with Crippen LogP contribution in [0.15, 0.2) is 38.5 Å². The molecule has 0 atom stereocenters. The number of nitrogens with two attached hydrogens (primary N) is 1. The Bertz CT molecular complexity index is 1100. The lowest BCUT2D eigenvalue weighted by molar-refractivity contribution is 0.0944. The van der Waals surface area contributed by atoms with E-state index in [0.29, 0.717) is 18.0 Å². The Labute approximate surface area is 186 Å². The van der Waals surface area contributed by atoms with Crippen LogP contribution in [-0.4, -0.2) is 54.9 Å². The molecule has 3 heterocycles. The topological polar surface area (TPSA) is 140 Å². The van der Waals surface area contributed by atoms with Gasteiger partial charge in [-0.15, -0.1) is 5.10 Å². The van der Waals surface area contributed by atoms with E-state index >= 15 is 0 Å². The summed E-state index contributed by atoms with van der Waals surface area (Å²) in [6, 6.07) is 7.64. The standard InChI is InChI=1S/C19H22BrN9O2/c1-12(13-6-5-7-14(20)10-13)22-24-19(30)16-15(11-28-8-3-2-4-9-28)23-27-29(16)18-17(21)25-31-26-18/h5-7,10H,2-4,8-9,11H2,1H3,(H2,21,25)(H,24,30)/b22-12+. The molecule has 1 aromatic carbocycles. The second-order valence-corrected chi connectivity index (χ2v) is 8.17. The maximum absolute atomic E-state index is 13.1. The van der Waals surface area contributed by atoms with Gasteiger partial charge in [-0.3, -0.25) is 9.69 Å². The molecule has 1 aliphatic heterocycles. The number of nitrogens with one attached hydrogen (secondary N) is 1. The van der Waals surface area contributed by atoms with Crippen LogP contribution in [0.1, 0.15) is 47.9 Å². The van der Waals surface area contributed by atoms with Crippen LogP contribution in [0, 0.1) is 0 Å². The third-order valence-corrected chi connectivity index (χ3v) is 5.53. The van der Waals surface area contributed by atoms with E-state index in [0.717, 1.165) is 36.0 Å². The maximum Gasteiger partial charge on any atom is 0.292 e. The van der Waals surface area contributed by atoms with Crippen LogP contribution in [0.4, 0.5) is 5.82 Å². The first-order chi connectivity index (χ1) is 15.0. The highest BCUT2D eigenvalue weighted by molar-refractivity contribution is 9.10. The number of carbonyl (C=O) groups is 1. The Balaban J connectivity index is 1.62. The Morgan fingerprint density at radius 3 is 2.81 bits per heavy atom. The summed E-state index contributed by atoms with van der Waals surface area (Å²) in [5.74, 6) is -0.360. The molecule has 1 saturated heterocycles. The van der Waals surface area contributed by atoms with Crippen molar-refractivity contribution in [3.63, 3.8) is 0 Å². The molecule has 3 aromatic rings. The van der Waals surface area contributed by atoms with Crippen LogP contribution in [0.2, 0.25) is 0 Å². The zero-order chi connectivity index (χ0) is 21.8. The second kappa shape index (κ2) is 9.35. The van der Waals surface area contributed by atoms with Crippen molar-refractivity contribution in [1.29, 1.82) is 0 Å². The van der Waals surface area contributed by atoms with Gasteiger partial charge in [0, 0.05) is 11.0 Å². The van der Waals surface area contributed by atoms with Crippen molar-refractivity contribution in [3.8, 4) is 5.82 Å². The lowest BCUT2D eigenvalue weighted by Gasteiger charge is -2.25. The van der Waals surface area contributed by atoms with E-state index in [-0.39, 0.29) is 17.3 Å². The van der Waals surface area contributed by atoms with Crippen LogP contribution in [0.25, 0.3) is 5.82 Å². The molecule has 0 bridgehead atoms. The Hall–Kier alpha value is -3.12. The van der Waals surface area contributed by atoms with Crippen LogP contribution in [0.3, 0.4) is 0 Å². The number of hydrogen-bond acceptors (Lipinski definition) is 9. The largest absolute Gasteiger partial charge is 0.378 e. The SMILES string of the molecule is C/C(=N\NC(=O)c1c(CN2CCCCC2)nnn1-c1nonc1N)c1cccc(Br)c1. The Kier molecular flexibility index (Phi) is 6.37. The molecular weight excluding hydrogens is 466 g/mol. The van der Waals surface area contributed by atoms with Crippen molar-refractivity contribution in [1.82, 2.24) is 35.6 Å². The highest BCUT2D eigenvalue weighted by Crippen LogP contribution is 2.19. The van der Waals surface area contributed by atoms with Gasteiger partial charge in [-0.05, 0) is 60.9 Å².